The molecule has 0 heterocycles. The molecule has 2 rings (SSSR count). The lowest BCUT2D eigenvalue weighted by Gasteiger charge is -2.30. The first-order valence-electron chi connectivity index (χ1n) is 10.8. The number of nitrogens with one attached hydrogen (secondary N) is 2. The smallest absolute Gasteiger partial charge is 0.00672 e. The molecule has 0 aromatic heterocycles. The Morgan fingerprint density at radius 2 is 1.00 bits per heavy atom. The molecule has 2 nitrogen and oxygen atoms in total. The molecule has 0 aromatic rings. The summed E-state index contributed by atoms with van der Waals surface area (Å²) in [7, 11) is 0. The van der Waals surface area contributed by atoms with E-state index in [4.69, 9.17) is 0 Å². The first-order chi connectivity index (χ1) is 11.3. The molecule has 2 N–H and O–H groups in total. The van der Waals surface area contributed by atoms with Gasteiger partial charge in [-0.2, -0.15) is 0 Å². The number of rotatable bonds is 10. The molecule has 23 heavy (non-hydrogen) atoms. The van der Waals surface area contributed by atoms with Crippen molar-refractivity contribution in [1.82, 2.24) is 10.6 Å². The first-order valence-corrected chi connectivity index (χ1v) is 10.8. The lowest BCUT2D eigenvalue weighted by molar-refractivity contribution is 0.270. The van der Waals surface area contributed by atoms with Gasteiger partial charge in [0.1, 0.15) is 0 Å². The number of hydrogen-bond acceptors (Lipinski definition) is 2. The van der Waals surface area contributed by atoms with Gasteiger partial charge in [-0.1, -0.05) is 39.5 Å². The van der Waals surface area contributed by atoms with E-state index < -0.39 is 0 Å². The van der Waals surface area contributed by atoms with Gasteiger partial charge in [-0.25, -0.2) is 0 Å². The molecule has 0 amide bonds. The average Bonchev–Trinajstić information content (AvgIpc) is 2.58. The zero-order chi connectivity index (χ0) is 16.3. The highest BCUT2D eigenvalue weighted by atomic mass is 14.9. The minimum absolute atomic E-state index is 0.813. The molecule has 0 bridgehead atoms. The van der Waals surface area contributed by atoms with Crippen LogP contribution in [0.5, 0.6) is 0 Å². The minimum atomic E-state index is 0.813. The molecule has 0 aliphatic heterocycles. The maximum atomic E-state index is 3.81. The first kappa shape index (κ1) is 19.2. The second-order valence-corrected chi connectivity index (χ2v) is 8.27. The maximum Gasteiger partial charge on any atom is 0.00672 e. The summed E-state index contributed by atoms with van der Waals surface area (Å²) >= 11 is 0. The van der Waals surface area contributed by atoms with E-state index in [1.54, 1.807) is 0 Å². The molecule has 0 radical (unpaired) electrons. The predicted molar refractivity (Wildman–Crippen MR) is 102 cm³/mol. The zero-order valence-electron chi connectivity index (χ0n) is 15.9. The van der Waals surface area contributed by atoms with Crippen LogP contribution < -0.4 is 10.6 Å². The molecule has 2 aliphatic carbocycles. The molecule has 2 saturated carbocycles. The Labute approximate surface area is 145 Å². The highest BCUT2D eigenvalue weighted by molar-refractivity contribution is 4.78. The fourth-order valence-corrected chi connectivity index (χ4v) is 4.83. The van der Waals surface area contributed by atoms with Gasteiger partial charge in [0.25, 0.3) is 0 Å². The third kappa shape index (κ3) is 7.56. The van der Waals surface area contributed by atoms with Crippen LogP contribution in [-0.2, 0) is 0 Å². The van der Waals surface area contributed by atoms with E-state index in [0.29, 0.717) is 0 Å². The van der Waals surface area contributed by atoms with Crippen LogP contribution in [0.2, 0.25) is 0 Å². The third-order valence-corrected chi connectivity index (χ3v) is 6.31. The summed E-state index contributed by atoms with van der Waals surface area (Å²) in [5.41, 5.74) is 0. The van der Waals surface area contributed by atoms with Crippen LogP contribution in [0.3, 0.4) is 0 Å². The zero-order valence-corrected chi connectivity index (χ0v) is 15.9. The van der Waals surface area contributed by atoms with E-state index in [9.17, 15) is 0 Å². The van der Waals surface area contributed by atoms with Crippen molar-refractivity contribution in [1.29, 1.82) is 0 Å². The van der Waals surface area contributed by atoms with E-state index >= 15 is 0 Å². The molecule has 2 fully saturated rings. The fourth-order valence-electron chi connectivity index (χ4n) is 4.83. The Bertz CT molecular complexity index is 248. The van der Waals surface area contributed by atoms with Crippen LogP contribution in [0.4, 0.5) is 0 Å². The Morgan fingerprint density at radius 3 is 1.35 bits per heavy atom. The Morgan fingerprint density at radius 1 is 0.609 bits per heavy atom. The average molecular weight is 323 g/mol. The second-order valence-electron chi connectivity index (χ2n) is 8.27. The maximum absolute atomic E-state index is 3.81. The lowest BCUT2D eigenvalue weighted by Crippen LogP contribution is -2.37. The normalized spacial score (nSPS) is 32.1. The highest BCUT2D eigenvalue weighted by Crippen LogP contribution is 2.28. The van der Waals surface area contributed by atoms with E-state index in [-0.39, 0.29) is 0 Å². The van der Waals surface area contributed by atoms with Crippen LogP contribution in [-0.4, -0.2) is 25.2 Å². The van der Waals surface area contributed by atoms with Gasteiger partial charge in [0.2, 0.25) is 0 Å². The number of hydrogen-bond donors (Lipinski definition) is 2. The lowest BCUT2D eigenvalue weighted by atomic mass is 9.83. The van der Waals surface area contributed by atoms with Crippen molar-refractivity contribution in [3.8, 4) is 0 Å². The van der Waals surface area contributed by atoms with Crippen LogP contribution >= 0.6 is 0 Å². The fraction of sp³-hybridized carbons (Fsp3) is 1.00. The van der Waals surface area contributed by atoms with E-state index in [1.807, 2.05) is 0 Å². The Hall–Kier alpha value is -0.0800. The summed E-state index contributed by atoms with van der Waals surface area (Å²) in [6.07, 6.45) is 18.5. The highest BCUT2D eigenvalue weighted by Gasteiger charge is 2.21. The van der Waals surface area contributed by atoms with E-state index in [0.717, 1.165) is 23.9 Å². The monoisotopic (exact) mass is 322 g/mol. The Kier molecular flexibility index (Phi) is 9.60. The van der Waals surface area contributed by atoms with Crippen molar-refractivity contribution in [2.24, 2.45) is 11.8 Å². The second kappa shape index (κ2) is 11.5. The molecule has 0 unspecified atom stereocenters. The quantitative estimate of drug-likeness (QED) is 0.535. The van der Waals surface area contributed by atoms with Gasteiger partial charge in [-0.05, 0) is 82.7 Å². The largest absolute Gasteiger partial charge is 0.314 e. The van der Waals surface area contributed by atoms with Crippen LogP contribution in [0.15, 0.2) is 0 Å². The molecule has 0 aromatic carbocycles. The van der Waals surface area contributed by atoms with Crippen LogP contribution in [0.25, 0.3) is 0 Å². The topological polar surface area (TPSA) is 24.1 Å². The summed E-state index contributed by atoms with van der Waals surface area (Å²) < 4.78 is 0. The molecule has 2 heteroatoms. The van der Waals surface area contributed by atoms with Crippen molar-refractivity contribution in [2.75, 3.05) is 13.1 Å². The predicted octanol–water partition coefficient (Wildman–Crippen LogP) is 5.27. The van der Waals surface area contributed by atoms with Gasteiger partial charge in [0.05, 0.1) is 0 Å². The molecule has 2 aliphatic rings. The van der Waals surface area contributed by atoms with Gasteiger partial charge >= 0.3 is 0 Å². The van der Waals surface area contributed by atoms with Gasteiger partial charge in [-0.15, -0.1) is 0 Å². The molecule has 0 atom stereocenters. The van der Waals surface area contributed by atoms with Crippen molar-refractivity contribution in [3.63, 3.8) is 0 Å². The van der Waals surface area contributed by atoms with Crippen LogP contribution in [0, 0.1) is 11.8 Å². The summed E-state index contributed by atoms with van der Waals surface area (Å²) in [6.45, 7) is 7.07. The summed E-state index contributed by atoms with van der Waals surface area (Å²) in [5, 5.41) is 7.61. The van der Waals surface area contributed by atoms with Gasteiger partial charge in [0, 0.05) is 12.1 Å². The standard InChI is InChI=1S/C21H42N2/c1-3-6-18-8-12-20(13-9-18)22-16-5-17-23-21-14-10-19(7-4-2)11-15-21/h18-23H,3-17H2,1-2H3. The van der Waals surface area contributed by atoms with Gasteiger partial charge in [-0.3, -0.25) is 0 Å². The summed E-state index contributed by atoms with van der Waals surface area (Å²) in [6, 6.07) is 1.63. The molecular weight excluding hydrogens is 280 g/mol. The van der Waals surface area contributed by atoms with E-state index in [2.05, 4.69) is 24.5 Å². The van der Waals surface area contributed by atoms with Crippen molar-refractivity contribution < 1.29 is 0 Å². The molecular formula is C21H42N2. The third-order valence-electron chi connectivity index (χ3n) is 6.31. The molecule has 0 spiro atoms. The molecule has 0 saturated heterocycles. The summed E-state index contributed by atoms with van der Waals surface area (Å²) in [4.78, 5) is 0. The van der Waals surface area contributed by atoms with Crippen molar-refractivity contribution in [3.05, 3.63) is 0 Å². The molecule has 136 valence electrons. The SMILES string of the molecule is CCCC1CCC(NCCCNC2CCC(CCC)CC2)CC1. The van der Waals surface area contributed by atoms with Crippen molar-refractivity contribution >= 4 is 0 Å². The Balaban J connectivity index is 1.43. The van der Waals surface area contributed by atoms with Gasteiger partial charge in [0.15, 0.2) is 0 Å². The summed E-state index contributed by atoms with van der Waals surface area (Å²) in [5.74, 6) is 2.06. The van der Waals surface area contributed by atoms with Crippen molar-refractivity contribution in [2.45, 2.75) is 109 Å². The minimum Gasteiger partial charge on any atom is -0.314 e. The van der Waals surface area contributed by atoms with Crippen LogP contribution in [0.1, 0.15) is 97.3 Å². The van der Waals surface area contributed by atoms with E-state index in [1.165, 1.54) is 96.6 Å². The van der Waals surface area contributed by atoms with Gasteiger partial charge < -0.3 is 10.6 Å².